The van der Waals surface area contributed by atoms with Crippen molar-refractivity contribution in [1.29, 1.82) is 0 Å². The summed E-state index contributed by atoms with van der Waals surface area (Å²) in [4.78, 5) is 0.0712. The number of ether oxygens (including phenoxy) is 7. The van der Waals surface area contributed by atoms with Gasteiger partial charge in [0, 0.05) is 0 Å². The minimum absolute atomic E-state index is 0.0487. The third-order valence-electron chi connectivity index (χ3n) is 8.13. The Kier molecular flexibility index (Phi) is 11.1. The van der Waals surface area contributed by atoms with E-state index in [-0.39, 0.29) is 49.7 Å². The molecule has 0 atom stereocenters. The average Bonchev–Trinajstić information content (AvgIpc) is 3.11. The van der Waals surface area contributed by atoms with Crippen LogP contribution in [0.4, 0.5) is 11.4 Å². The summed E-state index contributed by atoms with van der Waals surface area (Å²) in [6.45, 7) is 3.15. The predicted molar refractivity (Wildman–Crippen MR) is 186 cm³/mol. The van der Waals surface area contributed by atoms with Gasteiger partial charge in [-0.25, -0.2) is 16.8 Å². The lowest BCUT2D eigenvalue weighted by atomic mass is 10.0. The molecule has 49 heavy (non-hydrogen) atoms. The van der Waals surface area contributed by atoms with E-state index in [0.29, 0.717) is 22.8 Å². The standard InChI is InChI=1S/C35H41NO11S2/c1-35(2,23-18-29(43-5)32(45-7)30(19-23)44-6)49(39,40)25-15-16-27(41-3)26(20-25)36-31-22(17-28(42-4)33(46-8)34(31)47-9)21-48(37,38)24-13-11-10-12-14-24/h10-20,36H,21H2,1-9H3. The minimum Gasteiger partial charge on any atom is -0.495 e. The second kappa shape index (κ2) is 14.7. The molecule has 0 spiro atoms. The van der Waals surface area contributed by atoms with Gasteiger partial charge in [-0.1, -0.05) is 18.2 Å². The Hall–Kier alpha value is -4.82. The molecule has 0 aliphatic rings. The molecule has 0 aliphatic heterocycles. The van der Waals surface area contributed by atoms with E-state index in [0.717, 1.165) is 0 Å². The van der Waals surface area contributed by atoms with Crippen molar-refractivity contribution in [3.63, 3.8) is 0 Å². The largest absolute Gasteiger partial charge is 0.495 e. The van der Waals surface area contributed by atoms with E-state index in [2.05, 4.69) is 5.32 Å². The summed E-state index contributed by atoms with van der Waals surface area (Å²) in [5, 5.41) is 3.20. The fourth-order valence-corrected chi connectivity index (χ4v) is 8.25. The maximum absolute atomic E-state index is 14.4. The quantitative estimate of drug-likeness (QED) is 0.150. The lowest BCUT2D eigenvalue weighted by Crippen LogP contribution is -2.29. The molecule has 0 saturated heterocycles. The van der Waals surface area contributed by atoms with E-state index in [1.165, 1.54) is 86.2 Å². The molecule has 0 aliphatic carbocycles. The van der Waals surface area contributed by atoms with Crippen molar-refractivity contribution >= 4 is 31.0 Å². The highest BCUT2D eigenvalue weighted by atomic mass is 32.2. The highest BCUT2D eigenvalue weighted by Crippen LogP contribution is 2.49. The van der Waals surface area contributed by atoms with Crippen LogP contribution in [0.1, 0.15) is 25.0 Å². The molecule has 264 valence electrons. The van der Waals surface area contributed by atoms with Crippen LogP contribution < -0.4 is 38.5 Å². The Morgan fingerprint density at radius 1 is 0.571 bits per heavy atom. The Morgan fingerprint density at radius 2 is 1.10 bits per heavy atom. The Balaban J connectivity index is 1.90. The fourth-order valence-electron chi connectivity index (χ4n) is 5.34. The average molecular weight is 716 g/mol. The first-order valence-electron chi connectivity index (χ1n) is 14.8. The molecule has 0 amide bonds. The maximum Gasteiger partial charge on any atom is 0.205 e. The molecule has 0 unspecified atom stereocenters. The number of rotatable bonds is 15. The van der Waals surface area contributed by atoms with E-state index in [1.807, 2.05) is 0 Å². The number of hydrogen-bond acceptors (Lipinski definition) is 12. The third kappa shape index (κ3) is 7.01. The molecule has 0 saturated carbocycles. The second-order valence-corrected chi connectivity index (χ2v) is 15.7. The van der Waals surface area contributed by atoms with Crippen LogP contribution in [0, 0.1) is 0 Å². The summed E-state index contributed by atoms with van der Waals surface area (Å²) >= 11 is 0. The van der Waals surface area contributed by atoms with Crippen LogP contribution in [0.25, 0.3) is 0 Å². The Bertz CT molecular complexity index is 2000. The first-order valence-corrected chi connectivity index (χ1v) is 18.0. The number of sulfone groups is 2. The van der Waals surface area contributed by atoms with Crippen LogP contribution in [0.15, 0.2) is 76.5 Å². The normalized spacial score (nSPS) is 11.8. The van der Waals surface area contributed by atoms with Crippen LogP contribution in [-0.2, 0) is 30.2 Å². The molecule has 1 N–H and O–H groups in total. The second-order valence-electron chi connectivity index (χ2n) is 11.2. The summed E-state index contributed by atoms with van der Waals surface area (Å²) < 4.78 is 93.3. The van der Waals surface area contributed by atoms with E-state index in [9.17, 15) is 16.8 Å². The maximum atomic E-state index is 14.4. The SMILES string of the molecule is COc1ccc(S(=O)(=O)C(C)(C)c2cc(OC)c(OC)c(OC)c2)cc1Nc1c(CS(=O)(=O)c2ccccc2)cc(OC)c(OC)c1OC. The van der Waals surface area contributed by atoms with Crippen molar-refractivity contribution in [3.8, 4) is 40.2 Å². The number of anilines is 2. The number of benzene rings is 4. The lowest BCUT2D eigenvalue weighted by molar-refractivity contribution is 0.323. The van der Waals surface area contributed by atoms with Crippen molar-refractivity contribution in [2.75, 3.05) is 55.1 Å². The van der Waals surface area contributed by atoms with Crippen LogP contribution in [0.2, 0.25) is 0 Å². The smallest absolute Gasteiger partial charge is 0.205 e. The molecule has 0 heterocycles. The van der Waals surface area contributed by atoms with Crippen molar-refractivity contribution in [2.24, 2.45) is 0 Å². The topological polar surface area (TPSA) is 145 Å². The van der Waals surface area contributed by atoms with Crippen LogP contribution in [0.5, 0.6) is 40.2 Å². The van der Waals surface area contributed by atoms with Gasteiger partial charge in [-0.3, -0.25) is 0 Å². The van der Waals surface area contributed by atoms with Crippen LogP contribution >= 0.6 is 0 Å². The Labute approximate surface area is 287 Å². The van der Waals surface area contributed by atoms with Gasteiger partial charge in [0.25, 0.3) is 0 Å². The minimum atomic E-state index is -4.13. The van der Waals surface area contributed by atoms with Crippen molar-refractivity contribution < 1.29 is 50.0 Å². The molecular formula is C35H41NO11S2. The molecule has 12 nitrogen and oxygen atoms in total. The van der Waals surface area contributed by atoms with E-state index >= 15 is 0 Å². The van der Waals surface area contributed by atoms with E-state index in [4.69, 9.17) is 33.2 Å². The fraction of sp³-hybridized carbons (Fsp3) is 0.314. The van der Waals surface area contributed by atoms with Gasteiger partial charge in [-0.15, -0.1) is 0 Å². The van der Waals surface area contributed by atoms with Crippen molar-refractivity contribution in [1.82, 2.24) is 0 Å². The third-order valence-corrected chi connectivity index (χ3v) is 12.3. The van der Waals surface area contributed by atoms with Gasteiger partial charge < -0.3 is 38.5 Å². The zero-order valence-electron chi connectivity index (χ0n) is 28.9. The monoisotopic (exact) mass is 715 g/mol. The van der Waals surface area contributed by atoms with Gasteiger partial charge in [-0.05, 0) is 73.5 Å². The van der Waals surface area contributed by atoms with Gasteiger partial charge in [0.05, 0.1) is 81.4 Å². The summed E-state index contributed by atoms with van der Waals surface area (Å²) in [7, 11) is 2.04. The molecule has 0 fully saturated rings. The summed E-state index contributed by atoms with van der Waals surface area (Å²) in [6.07, 6.45) is 0. The highest BCUT2D eigenvalue weighted by molar-refractivity contribution is 7.92. The van der Waals surface area contributed by atoms with Gasteiger partial charge in [0.1, 0.15) is 5.75 Å². The summed E-state index contributed by atoms with van der Waals surface area (Å²) in [6, 6.07) is 17.1. The number of methoxy groups -OCH3 is 7. The van der Waals surface area contributed by atoms with Gasteiger partial charge >= 0.3 is 0 Å². The molecule has 0 radical (unpaired) electrons. The molecule has 4 rings (SSSR count). The number of hydrogen-bond donors (Lipinski definition) is 1. The van der Waals surface area contributed by atoms with Crippen LogP contribution in [0.3, 0.4) is 0 Å². The van der Waals surface area contributed by atoms with Crippen molar-refractivity contribution in [2.45, 2.75) is 34.1 Å². The zero-order chi connectivity index (χ0) is 36.1. The first kappa shape index (κ1) is 37.0. The first-order chi connectivity index (χ1) is 23.2. The van der Waals surface area contributed by atoms with E-state index < -0.39 is 30.2 Å². The van der Waals surface area contributed by atoms with Crippen LogP contribution in [-0.4, -0.2) is 66.6 Å². The lowest BCUT2D eigenvalue weighted by Gasteiger charge is -2.28. The molecule has 4 aromatic carbocycles. The van der Waals surface area contributed by atoms with E-state index in [1.54, 1.807) is 44.2 Å². The molecular weight excluding hydrogens is 675 g/mol. The molecule has 4 aromatic rings. The van der Waals surface area contributed by atoms with Gasteiger partial charge in [0.2, 0.25) is 11.5 Å². The highest BCUT2D eigenvalue weighted by Gasteiger charge is 2.39. The van der Waals surface area contributed by atoms with Crippen molar-refractivity contribution in [3.05, 3.63) is 77.9 Å². The zero-order valence-corrected chi connectivity index (χ0v) is 30.5. The Morgan fingerprint density at radius 3 is 1.61 bits per heavy atom. The molecule has 0 aromatic heterocycles. The van der Waals surface area contributed by atoms with Gasteiger partial charge in [0.15, 0.2) is 42.7 Å². The molecule has 0 bridgehead atoms. The predicted octanol–water partition coefficient (Wildman–Crippen LogP) is 6.17. The number of nitrogens with one attached hydrogen (secondary N) is 1. The molecule has 14 heteroatoms. The summed E-state index contributed by atoms with van der Waals surface area (Å²) in [5.41, 5.74) is 1.08. The summed E-state index contributed by atoms with van der Waals surface area (Å²) in [5.74, 6) is 1.31. The van der Waals surface area contributed by atoms with Gasteiger partial charge in [-0.2, -0.15) is 0 Å².